The molecular formula is C17H29NOSi. The van der Waals surface area contributed by atoms with Gasteiger partial charge in [0.05, 0.1) is 12.2 Å². The van der Waals surface area contributed by atoms with Gasteiger partial charge in [0, 0.05) is 5.57 Å². The minimum atomic E-state index is -1.81. The second-order valence-electron chi connectivity index (χ2n) is 7.62. The van der Waals surface area contributed by atoms with E-state index >= 15 is 0 Å². The number of nitriles is 1. The maximum absolute atomic E-state index is 9.36. The zero-order chi connectivity index (χ0) is 15.7. The minimum absolute atomic E-state index is 0.0843. The molecule has 0 N–H and O–H groups in total. The van der Waals surface area contributed by atoms with E-state index in [1.165, 1.54) is 0 Å². The summed E-state index contributed by atoms with van der Waals surface area (Å²) < 4.78 is 6.56. The van der Waals surface area contributed by atoms with Crippen molar-refractivity contribution in [2.75, 3.05) is 0 Å². The van der Waals surface area contributed by atoms with Crippen LogP contribution < -0.4 is 0 Å². The van der Waals surface area contributed by atoms with Crippen molar-refractivity contribution in [1.29, 1.82) is 5.26 Å². The Morgan fingerprint density at radius 3 is 2.35 bits per heavy atom. The van der Waals surface area contributed by atoms with Crippen LogP contribution in [-0.2, 0) is 4.43 Å². The normalized spacial score (nSPS) is 24.5. The van der Waals surface area contributed by atoms with E-state index in [9.17, 15) is 5.26 Å². The van der Waals surface area contributed by atoms with Gasteiger partial charge >= 0.3 is 0 Å². The summed E-state index contributed by atoms with van der Waals surface area (Å²) in [6.07, 6.45) is 1.88. The maximum atomic E-state index is 9.36. The highest BCUT2D eigenvalue weighted by atomic mass is 28.4. The summed E-state index contributed by atoms with van der Waals surface area (Å²) in [5, 5.41) is 9.55. The van der Waals surface area contributed by atoms with Crippen LogP contribution in [0.4, 0.5) is 0 Å². The van der Waals surface area contributed by atoms with Crippen LogP contribution >= 0.6 is 0 Å². The largest absolute Gasteiger partial charge is 0.410 e. The van der Waals surface area contributed by atoms with E-state index in [4.69, 9.17) is 4.43 Å². The fourth-order valence-electron chi connectivity index (χ4n) is 2.30. The Hall–Kier alpha value is -0.853. The van der Waals surface area contributed by atoms with E-state index in [1.54, 1.807) is 0 Å². The molecule has 1 aliphatic carbocycles. The number of nitrogens with zero attached hydrogens (tertiary/aromatic N) is 1. The summed E-state index contributed by atoms with van der Waals surface area (Å²) >= 11 is 0. The molecule has 0 amide bonds. The van der Waals surface area contributed by atoms with E-state index < -0.39 is 8.32 Å². The fraction of sp³-hybridized carbons (Fsp3) is 0.706. The van der Waals surface area contributed by atoms with E-state index in [0.717, 1.165) is 29.6 Å². The van der Waals surface area contributed by atoms with Crippen LogP contribution in [0.3, 0.4) is 0 Å². The Morgan fingerprint density at radius 2 is 1.95 bits per heavy atom. The fourth-order valence-corrected chi connectivity index (χ4v) is 3.64. The van der Waals surface area contributed by atoms with E-state index in [1.807, 2.05) is 0 Å². The zero-order valence-electron chi connectivity index (χ0n) is 14.1. The molecule has 0 spiro atoms. The molecule has 1 rings (SSSR count). The van der Waals surface area contributed by atoms with Gasteiger partial charge in [-0.3, -0.25) is 0 Å². The molecule has 0 aliphatic heterocycles. The van der Waals surface area contributed by atoms with Crippen LogP contribution in [0.15, 0.2) is 23.3 Å². The Morgan fingerprint density at radius 1 is 1.40 bits per heavy atom. The summed E-state index contributed by atoms with van der Waals surface area (Å²) in [4.78, 5) is 0. The van der Waals surface area contributed by atoms with Gasteiger partial charge in [-0.1, -0.05) is 32.9 Å². The van der Waals surface area contributed by atoms with Gasteiger partial charge < -0.3 is 4.43 Å². The predicted molar refractivity (Wildman–Crippen MR) is 87.9 cm³/mol. The molecule has 2 atom stereocenters. The summed E-state index contributed by atoms with van der Waals surface area (Å²) in [5.74, 6) is 0.378. The maximum Gasteiger partial charge on any atom is 0.192 e. The molecule has 1 aliphatic rings. The average Bonchev–Trinajstić information content (AvgIpc) is 2.29. The zero-order valence-corrected chi connectivity index (χ0v) is 15.1. The molecule has 0 heterocycles. The molecule has 2 nitrogen and oxygen atoms in total. The molecule has 0 bridgehead atoms. The third-order valence-electron chi connectivity index (χ3n) is 4.98. The Labute approximate surface area is 125 Å². The molecule has 1 unspecified atom stereocenters. The van der Waals surface area contributed by atoms with Crippen LogP contribution in [0.25, 0.3) is 0 Å². The first kappa shape index (κ1) is 17.2. The lowest BCUT2D eigenvalue weighted by Crippen LogP contribution is -2.45. The second kappa shape index (κ2) is 5.87. The van der Waals surface area contributed by atoms with Gasteiger partial charge in [-0.2, -0.15) is 5.26 Å². The van der Waals surface area contributed by atoms with E-state index in [2.05, 4.69) is 60.4 Å². The Kier molecular flexibility index (Phi) is 5.05. The smallest absolute Gasteiger partial charge is 0.192 e. The van der Waals surface area contributed by atoms with Gasteiger partial charge in [-0.25, -0.2) is 0 Å². The highest BCUT2D eigenvalue weighted by Crippen LogP contribution is 2.41. The minimum Gasteiger partial charge on any atom is -0.410 e. The van der Waals surface area contributed by atoms with Crippen molar-refractivity contribution in [3.8, 4) is 6.07 Å². The van der Waals surface area contributed by atoms with Crippen molar-refractivity contribution in [2.45, 2.75) is 71.7 Å². The van der Waals surface area contributed by atoms with Crippen molar-refractivity contribution >= 4 is 8.32 Å². The number of hydrogen-bond donors (Lipinski definition) is 0. The predicted octanol–water partition coefficient (Wildman–Crippen LogP) is 5.20. The lowest BCUT2D eigenvalue weighted by atomic mass is 9.80. The summed E-state index contributed by atoms with van der Waals surface area (Å²) in [6, 6.07) is 2.37. The van der Waals surface area contributed by atoms with E-state index in [-0.39, 0.29) is 11.1 Å². The van der Waals surface area contributed by atoms with Crippen LogP contribution in [-0.4, -0.2) is 14.4 Å². The number of hydrogen-bond acceptors (Lipinski definition) is 2. The standard InChI is InChI=1S/C17H29NOSi/c1-12(2)14-9-15(11-18)13(3)16(10-14)19-20(7,8)17(4,5)6/h14,16H,1,9-10H2,2-8H3/t14-,16?/m0/s1. The SMILES string of the molecule is C=C(C)[C@H]1CC(C#N)=C(C)C(O[Si](C)(C)C(C)(C)C)C1. The third kappa shape index (κ3) is 3.62. The lowest BCUT2D eigenvalue weighted by Gasteiger charge is -2.42. The van der Waals surface area contributed by atoms with Gasteiger partial charge in [-0.15, -0.1) is 0 Å². The second-order valence-corrected chi connectivity index (χ2v) is 12.4. The number of rotatable bonds is 3. The quantitative estimate of drug-likeness (QED) is 0.528. The molecule has 0 aromatic rings. The lowest BCUT2D eigenvalue weighted by molar-refractivity contribution is 0.178. The van der Waals surface area contributed by atoms with Crippen molar-refractivity contribution in [3.05, 3.63) is 23.3 Å². The van der Waals surface area contributed by atoms with Gasteiger partial charge in [0.2, 0.25) is 0 Å². The Balaban J connectivity index is 3.04. The number of allylic oxidation sites excluding steroid dienone is 2. The monoisotopic (exact) mass is 291 g/mol. The average molecular weight is 292 g/mol. The van der Waals surface area contributed by atoms with Crippen LogP contribution in [0.5, 0.6) is 0 Å². The van der Waals surface area contributed by atoms with Crippen LogP contribution in [0.1, 0.15) is 47.5 Å². The first-order valence-electron chi connectivity index (χ1n) is 7.42. The van der Waals surface area contributed by atoms with Gasteiger partial charge in [0.1, 0.15) is 0 Å². The summed E-state index contributed by atoms with van der Waals surface area (Å²) in [5.41, 5.74) is 3.19. The first-order valence-corrected chi connectivity index (χ1v) is 10.3. The molecule has 20 heavy (non-hydrogen) atoms. The van der Waals surface area contributed by atoms with Gasteiger partial charge in [0.15, 0.2) is 8.32 Å². The molecule has 112 valence electrons. The topological polar surface area (TPSA) is 33.0 Å². The highest BCUT2D eigenvalue weighted by molar-refractivity contribution is 6.74. The summed E-state index contributed by atoms with van der Waals surface area (Å²) in [7, 11) is -1.81. The third-order valence-corrected chi connectivity index (χ3v) is 9.47. The van der Waals surface area contributed by atoms with Crippen LogP contribution in [0.2, 0.25) is 18.1 Å². The van der Waals surface area contributed by atoms with Crippen LogP contribution in [0, 0.1) is 17.2 Å². The van der Waals surface area contributed by atoms with Crippen molar-refractivity contribution < 1.29 is 4.43 Å². The van der Waals surface area contributed by atoms with Gasteiger partial charge in [-0.05, 0) is 56.3 Å². The first-order chi connectivity index (χ1) is 8.99. The van der Waals surface area contributed by atoms with E-state index in [0.29, 0.717) is 5.92 Å². The molecule has 0 saturated carbocycles. The van der Waals surface area contributed by atoms with Crippen molar-refractivity contribution in [3.63, 3.8) is 0 Å². The molecule has 0 aromatic heterocycles. The Bertz CT molecular complexity index is 462. The molecule has 3 heteroatoms. The molecule has 0 fully saturated rings. The molecular weight excluding hydrogens is 262 g/mol. The molecule has 0 aromatic carbocycles. The van der Waals surface area contributed by atoms with Crippen molar-refractivity contribution in [2.24, 2.45) is 5.92 Å². The highest BCUT2D eigenvalue weighted by Gasteiger charge is 2.41. The molecule has 0 radical (unpaired) electrons. The van der Waals surface area contributed by atoms with Crippen molar-refractivity contribution in [1.82, 2.24) is 0 Å². The van der Waals surface area contributed by atoms with Gasteiger partial charge in [0.25, 0.3) is 0 Å². The molecule has 0 saturated heterocycles. The summed E-state index contributed by atoms with van der Waals surface area (Å²) in [6.45, 7) is 19.5.